The highest BCUT2D eigenvalue weighted by Crippen LogP contribution is 2.07. The minimum absolute atomic E-state index is 0. The zero-order valence-electron chi connectivity index (χ0n) is 5.69. The average molecular weight is 194 g/mol. The fourth-order valence-electron chi connectivity index (χ4n) is 0.596. The van der Waals surface area contributed by atoms with Crippen LogP contribution in [0.2, 0.25) is 0 Å². The highest BCUT2D eigenvalue weighted by molar-refractivity contribution is 7.09. The monoisotopic (exact) mass is 193 g/mol. The Balaban J connectivity index is 0.000001000. The van der Waals surface area contributed by atoms with Gasteiger partial charge in [0.25, 0.3) is 0 Å². The number of aliphatic carboxylic acids is 1. The maximum absolute atomic E-state index is 10.1. The van der Waals surface area contributed by atoms with Crippen molar-refractivity contribution in [2.45, 2.75) is 12.8 Å². The van der Waals surface area contributed by atoms with Crippen LogP contribution >= 0.6 is 23.7 Å². The van der Waals surface area contributed by atoms with Gasteiger partial charge in [0.2, 0.25) is 0 Å². The summed E-state index contributed by atoms with van der Waals surface area (Å²) in [6, 6.07) is 0. The molecule has 1 aromatic heterocycles. The molecule has 1 N–H and O–H groups in total. The summed E-state index contributed by atoms with van der Waals surface area (Å²) in [6.45, 7) is 0. The van der Waals surface area contributed by atoms with E-state index in [1.165, 1.54) is 11.3 Å². The van der Waals surface area contributed by atoms with Crippen molar-refractivity contribution in [1.29, 1.82) is 0 Å². The van der Waals surface area contributed by atoms with Crippen molar-refractivity contribution in [3.05, 3.63) is 16.6 Å². The van der Waals surface area contributed by atoms with Crippen molar-refractivity contribution in [3.8, 4) is 0 Å². The Bertz CT molecular complexity index is 212. The summed E-state index contributed by atoms with van der Waals surface area (Å²) >= 11 is 1.49. The van der Waals surface area contributed by atoms with Crippen molar-refractivity contribution in [3.63, 3.8) is 0 Å². The van der Waals surface area contributed by atoms with Gasteiger partial charge >= 0.3 is 5.97 Å². The van der Waals surface area contributed by atoms with E-state index in [2.05, 4.69) is 4.98 Å². The molecule has 1 aromatic rings. The molecule has 1 heterocycles. The fraction of sp³-hybridized carbons (Fsp3) is 0.333. The lowest BCUT2D eigenvalue weighted by Crippen LogP contribution is -1.95. The van der Waals surface area contributed by atoms with Gasteiger partial charge in [-0.3, -0.25) is 9.78 Å². The van der Waals surface area contributed by atoms with E-state index >= 15 is 0 Å². The second-order valence-electron chi connectivity index (χ2n) is 1.86. The summed E-state index contributed by atoms with van der Waals surface area (Å²) in [5, 5.41) is 8.30. The Labute approximate surface area is 74.5 Å². The third-order valence-electron chi connectivity index (χ3n) is 1.07. The highest BCUT2D eigenvalue weighted by Gasteiger charge is 1.98. The van der Waals surface area contributed by atoms with Gasteiger partial charge in [0.15, 0.2) is 0 Å². The van der Waals surface area contributed by atoms with E-state index in [1.54, 1.807) is 11.7 Å². The van der Waals surface area contributed by atoms with Gasteiger partial charge in [0.1, 0.15) is 0 Å². The minimum atomic E-state index is -0.756. The summed E-state index contributed by atoms with van der Waals surface area (Å²) < 4.78 is 0. The number of halogens is 1. The maximum Gasteiger partial charge on any atom is 0.303 e. The molecule has 0 saturated carbocycles. The molecule has 3 nitrogen and oxygen atoms in total. The molecule has 0 aliphatic rings. The third-order valence-corrected chi connectivity index (χ3v) is 1.91. The van der Waals surface area contributed by atoms with Crippen LogP contribution in [0.15, 0.2) is 11.7 Å². The molecular formula is C6H8ClNO2S. The molecule has 0 radical (unpaired) electrons. The van der Waals surface area contributed by atoms with Gasteiger partial charge in [-0.2, -0.15) is 0 Å². The van der Waals surface area contributed by atoms with Gasteiger partial charge < -0.3 is 5.11 Å². The molecule has 11 heavy (non-hydrogen) atoms. The average Bonchev–Trinajstić information content (AvgIpc) is 2.34. The molecular weight excluding hydrogens is 186 g/mol. The van der Waals surface area contributed by atoms with Crippen molar-refractivity contribution in [2.75, 3.05) is 0 Å². The first-order valence-electron chi connectivity index (χ1n) is 2.88. The van der Waals surface area contributed by atoms with Crippen LogP contribution in [0.1, 0.15) is 11.3 Å². The molecule has 1 rings (SSSR count). The number of thiazole rings is 1. The second kappa shape index (κ2) is 5.09. The Morgan fingerprint density at radius 1 is 1.73 bits per heavy atom. The van der Waals surface area contributed by atoms with E-state index in [0.29, 0.717) is 6.42 Å². The van der Waals surface area contributed by atoms with Crippen LogP contribution in [-0.2, 0) is 11.2 Å². The van der Waals surface area contributed by atoms with E-state index in [4.69, 9.17) is 5.11 Å². The van der Waals surface area contributed by atoms with Crippen LogP contribution in [0.25, 0.3) is 0 Å². The molecule has 5 heteroatoms. The van der Waals surface area contributed by atoms with Gasteiger partial charge in [0.05, 0.1) is 11.9 Å². The van der Waals surface area contributed by atoms with E-state index < -0.39 is 5.97 Å². The van der Waals surface area contributed by atoms with Crippen molar-refractivity contribution in [1.82, 2.24) is 4.98 Å². The Morgan fingerprint density at radius 2 is 2.45 bits per heavy atom. The topological polar surface area (TPSA) is 50.2 Å². The van der Waals surface area contributed by atoms with Gasteiger partial charge in [-0.05, 0) is 6.42 Å². The molecule has 0 atom stereocenters. The van der Waals surface area contributed by atoms with E-state index in [0.717, 1.165) is 4.88 Å². The molecule has 0 unspecified atom stereocenters. The Hall–Kier alpha value is -0.610. The van der Waals surface area contributed by atoms with Gasteiger partial charge in [-0.1, -0.05) is 0 Å². The first-order valence-corrected chi connectivity index (χ1v) is 3.76. The molecule has 0 amide bonds. The normalized spacial score (nSPS) is 8.73. The Kier molecular flexibility index (Phi) is 4.81. The highest BCUT2D eigenvalue weighted by atomic mass is 35.5. The number of carboxylic acids is 1. The number of hydrogen-bond donors (Lipinski definition) is 1. The van der Waals surface area contributed by atoms with Crippen molar-refractivity contribution in [2.24, 2.45) is 0 Å². The van der Waals surface area contributed by atoms with Crippen LogP contribution in [0, 0.1) is 0 Å². The maximum atomic E-state index is 10.1. The molecule has 0 aliphatic heterocycles. The smallest absolute Gasteiger partial charge is 0.303 e. The molecule has 62 valence electrons. The van der Waals surface area contributed by atoms with Crippen LogP contribution < -0.4 is 0 Å². The fourth-order valence-corrected chi connectivity index (χ4v) is 1.19. The third kappa shape index (κ3) is 3.95. The summed E-state index contributed by atoms with van der Waals surface area (Å²) in [7, 11) is 0. The summed E-state index contributed by atoms with van der Waals surface area (Å²) in [5.74, 6) is -0.756. The van der Waals surface area contributed by atoms with Crippen LogP contribution in [0.3, 0.4) is 0 Å². The van der Waals surface area contributed by atoms with Gasteiger partial charge in [0, 0.05) is 11.1 Å². The summed E-state index contributed by atoms with van der Waals surface area (Å²) in [5.41, 5.74) is 1.71. The first-order chi connectivity index (χ1) is 4.79. The van der Waals surface area contributed by atoms with E-state index in [-0.39, 0.29) is 18.8 Å². The Morgan fingerprint density at radius 3 is 2.91 bits per heavy atom. The molecule has 0 spiro atoms. The second-order valence-corrected chi connectivity index (χ2v) is 2.83. The lowest BCUT2D eigenvalue weighted by molar-refractivity contribution is -0.136. The largest absolute Gasteiger partial charge is 0.481 e. The van der Waals surface area contributed by atoms with Crippen molar-refractivity contribution >= 4 is 29.7 Å². The van der Waals surface area contributed by atoms with E-state index in [1.807, 2.05) is 0 Å². The standard InChI is InChI=1S/C6H7NO2S.ClH/c8-6(9)2-1-5-3-7-4-10-5;/h3-4H,1-2H2,(H,8,9);1H. The van der Waals surface area contributed by atoms with Crippen LogP contribution in [-0.4, -0.2) is 16.1 Å². The number of aromatic nitrogens is 1. The molecule has 0 saturated heterocycles. The number of rotatable bonds is 3. The molecule has 0 aliphatic carbocycles. The van der Waals surface area contributed by atoms with Crippen LogP contribution in [0.5, 0.6) is 0 Å². The molecule has 0 bridgehead atoms. The number of nitrogens with zero attached hydrogens (tertiary/aromatic N) is 1. The van der Waals surface area contributed by atoms with Crippen LogP contribution in [0.4, 0.5) is 0 Å². The number of carboxylic acid groups (broad SMARTS) is 1. The summed E-state index contributed by atoms with van der Waals surface area (Å²) in [6.07, 6.45) is 2.50. The predicted octanol–water partition coefficient (Wildman–Crippen LogP) is 1.58. The zero-order valence-corrected chi connectivity index (χ0v) is 7.32. The van der Waals surface area contributed by atoms with Gasteiger partial charge in [-0.25, -0.2) is 0 Å². The number of aryl methyl sites for hydroxylation is 1. The van der Waals surface area contributed by atoms with Crippen molar-refractivity contribution < 1.29 is 9.90 Å². The SMILES string of the molecule is Cl.O=C(O)CCc1cncs1. The molecule has 0 aromatic carbocycles. The quantitative estimate of drug-likeness (QED) is 0.793. The molecule has 0 fully saturated rings. The zero-order chi connectivity index (χ0) is 7.40. The number of hydrogen-bond acceptors (Lipinski definition) is 3. The lowest BCUT2D eigenvalue weighted by atomic mass is 10.3. The van der Waals surface area contributed by atoms with Gasteiger partial charge in [-0.15, -0.1) is 23.7 Å². The van der Waals surface area contributed by atoms with E-state index in [9.17, 15) is 4.79 Å². The summed E-state index contributed by atoms with van der Waals surface area (Å²) in [4.78, 5) is 14.9. The minimum Gasteiger partial charge on any atom is -0.481 e. The first kappa shape index (κ1) is 10.4. The number of carbonyl (C=O) groups is 1. The lowest BCUT2D eigenvalue weighted by Gasteiger charge is -1.88. The predicted molar refractivity (Wildman–Crippen MR) is 45.3 cm³/mol.